The third kappa shape index (κ3) is 4.55. The summed E-state index contributed by atoms with van der Waals surface area (Å²) in [6.45, 7) is 6.25. The number of anilines is 1. The summed E-state index contributed by atoms with van der Waals surface area (Å²) >= 11 is 1.42. The van der Waals surface area contributed by atoms with Crippen molar-refractivity contribution in [3.63, 3.8) is 0 Å². The summed E-state index contributed by atoms with van der Waals surface area (Å²) < 4.78 is 7.88. The number of carbonyl (C=O) groups excluding carboxylic acids is 1. The maximum Gasteiger partial charge on any atom is 0.256 e. The fourth-order valence-electron chi connectivity index (χ4n) is 3.31. The van der Waals surface area contributed by atoms with E-state index in [1.54, 1.807) is 18.7 Å². The van der Waals surface area contributed by atoms with Crippen molar-refractivity contribution in [3.8, 4) is 5.75 Å². The van der Waals surface area contributed by atoms with Crippen molar-refractivity contribution in [2.45, 2.75) is 33.9 Å². The minimum absolute atomic E-state index is 0.111. The van der Waals surface area contributed by atoms with Crippen LogP contribution in [0.2, 0.25) is 0 Å². The molecule has 4 aromatic rings. The molecule has 32 heavy (non-hydrogen) atoms. The monoisotopic (exact) mass is 448 g/mol. The molecule has 2 heterocycles. The molecule has 0 fully saturated rings. The summed E-state index contributed by atoms with van der Waals surface area (Å²) in [5.41, 5.74) is 2.76. The van der Waals surface area contributed by atoms with E-state index in [-0.39, 0.29) is 18.0 Å². The molecule has 0 spiro atoms. The van der Waals surface area contributed by atoms with Gasteiger partial charge in [0.2, 0.25) is 5.91 Å². The third-order valence-electron chi connectivity index (χ3n) is 5.20. The summed E-state index contributed by atoms with van der Waals surface area (Å²) in [7, 11) is 0. The van der Waals surface area contributed by atoms with Gasteiger partial charge in [-0.1, -0.05) is 41.7 Å². The normalized spacial score (nSPS) is 11.0. The van der Waals surface area contributed by atoms with E-state index in [2.05, 4.69) is 4.98 Å². The molecule has 7 nitrogen and oxygen atoms in total. The molecule has 8 heteroatoms. The molecule has 0 bridgehead atoms. The van der Waals surface area contributed by atoms with Gasteiger partial charge in [0.05, 0.1) is 29.7 Å². The number of fused-ring (bicyclic) bond motifs is 1. The summed E-state index contributed by atoms with van der Waals surface area (Å²) in [6, 6.07) is 15.4. The first-order valence-electron chi connectivity index (χ1n) is 10.4. The lowest BCUT2D eigenvalue weighted by molar-refractivity contribution is -0.119. The molecule has 2 aromatic carbocycles. The number of benzene rings is 2. The lowest BCUT2D eigenvalue weighted by Gasteiger charge is -2.20. The van der Waals surface area contributed by atoms with E-state index in [4.69, 9.17) is 9.72 Å². The number of hydrogen-bond donors (Lipinski definition) is 0. The van der Waals surface area contributed by atoms with Crippen LogP contribution < -0.4 is 15.2 Å². The Morgan fingerprint density at radius 3 is 2.69 bits per heavy atom. The molecule has 0 aliphatic heterocycles. The molecule has 0 radical (unpaired) electrons. The van der Waals surface area contributed by atoms with Crippen molar-refractivity contribution in [3.05, 3.63) is 82.0 Å². The average molecular weight is 449 g/mol. The van der Waals surface area contributed by atoms with Gasteiger partial charge < -0.3 is 4.74 Å². The fourth-order valence-corrected chi connectivity index (χ4v) is 4.32. The Labute approximate surface area is 189 Å². The summed E-state index contributed by atoms with van der Waals surface area (Å²) in [6.07, 6.45) is 1.43. The fraction of sp³-hybridized carbons (Fsp3) is 0.250. The van der Waals surface area contributed by atoms with E-state index < -0.39 is 0 Å². The van der Waals surface area contributed by atoms with Crippen LogP contribution in [-0.4, -0.2) is 27.0 Å². The lowest BCUT2D eigenvalue weighted by Crippen LogP contribution is -2.37. The van der Waals surface area contributed by atoms with Crippen molar-refractivity contribution in [2.24, 2.45) is 0 Å². The number of hydrogen-bond acceptors (Lipinski definition) is 6. The van der Waals surface area contributed by atoms with Crippen LogP contribution >= 0.6 is 11.3 Å². The molecule has 0 saturated carbocycles. The second-order valence-electron chi connectivity index (χ2n) is 7.41. The predicted molar refractivity (Wildman–Crippen MR) is 126 cm³/mol. The zero-order valence-corrected chi connectivity index (χ0v) is 19.1. The second kappa shape index (κ2) is 9.32. The lowest BCUT2D eigenvalue weighted by atomic mass is 10.2. The van der Waals surface area contributed by atoms with Gasteiger partial charge in [-0.3, -0.25) is 19.1 Å². The number of thiazole rings is 1. The topological polar surface area (TPSA) is 77.3 Å². The van der Waals surface area contributed by atoms with Crippen LogP contribution in [0.5, 0.6) is 5.75 Å². The average Bonchev–Trinajstić information content (AvgIpc) is 3.22. The minimum atomic E-state index is -0.231. The van der Waals surface area contributed by atoms with Gasteiger partial charge in [-0.2, -0.15) is 0 Å². The highest BCUT2D eigenvalue weighted by Crippen LogP contribution is 2.32. The molecular formula is C24H24N4O3S. The first-order chi connectivity index (χ1) is 15.5. The van der Waals surface area contributed by atoms with E-state index in [1.807, 2.05) is 55.5 Å². The first kappa shape index (κ1) is 21.7. The first-order valence-corrected chi connectivity index (χ1v) is 11.2. The van der Waals surface area contributed by atoms with Crippen molar-refractivity contribution in [1.29, 1.82) is 0 Å². The molecule has 2 aromatic heterocycles. The zero-order chi connectivity index (χ0) is 22.7. The molecule has 4 rings (SSSR count). The Balaban J connectivity index is 1.70. The molecule has 0 atom stereocenters. The largest absolute Gasteiger partial charge is 0.494 e. The number of ether oxygens (including phenoxy) is 1. The van der Waals surface area contributed by atoms with Gasteiger partial charge in [0.25, 0.3) is 5.56 Å². The summed E-state index contributed by atoms with van der Waals surface area (Å²) in [4.78, 5) is 36.6. The van der Waals surface area contributed by atoms with E-state index in [0.717, 1.165) is 21.5 Å². The maximum atomic E-state index is 13.4. The van der Waals surface area contributed by atoms with Crippen LogP contribution in [0.4, 0.5) is 5.13 Å². The Bertz CT molecular complexity index is 1310. The molecule has 0 saturated heterocycles. The molecular weight excluding hydrogens is 424 g/mol. The summed E-state index contributed by atoms with van der Waals surface area (Å²) in [5.74, 6) is 0.536. The Hall–Kier alpha value is -3.52. The Morgan fingerprint density at radius 2 is 1.94 bits per heavy atom. The van der Waals surface area contributed by atoms with Crippen LogP contribution in [0, 0.1) is 13.8 Å². The maximum absolute atomic E-state index is 13.4. The number of aryl methyl sites for hydroxylation is 1. The highest BCUT2D eigenvalue weighted by molar-refractivity contribution is 7.22. The molecule has 0 N–H and O–H groups in total. The van der Waals surface area contributed by atoms with E-state index in [0.29, 0.717) is 29.5 Å². The van der Waals surface area contributed by atoms with Gasteiger partial charge >= 0.3 is 0 Å². The van der Waals surface area contributed by atoms with Gasteiger partial charge in [-0.25, -0.2) is 9.97 Å². The third-order valence-corrected chi connectivity index (χ3v) is 6.24. The number of rotatable bonds is 7. The quantitative estimate of drug-likeness (QED) is 0.425. The van der Waals surface area contributed by atoms with Crippen molar-refractivity contribution < 1.29 is 9.53 Å². The highest BCUT2D eigenvalue weighted by Gasteiger charge is 2.22. The minimum Gasteiger partial charge on any atom is -0.494 e. The van der Waals surface area contributed by atoms with E-state index >= 15 is 0 Å². The van der Waals surface area contributed by atoms with Gasteiger partial charge in [-0.15, -0.1) is 0 Å². The highest BCUT2D eigenvalue weighted by atomic mass is 32.1. The van der Waals surface area contributed by atoms with Gasteiger partial charge in [0.1, 0.15) is 12.3 Å². The molecule has 0 aliphatic rings. The second-order valence-corrected chi connectivity index (χ2v) is 8.42. The number of carbonyl (C=O) groups is 1. The molecule has 1 amide bonds. The Morgan fingerprint density at radius 1 is 1.16 bits per heavy atom. The number of aromatic nitrogens is 3. The predicted octanol–water partition coefficient (Wildman–Crippen LogP) is 4.10. The smallest absolute Gasteiger partial charge is 0.256 e. The zero-order valence-electron chi connectivity index (χ0n) is 18.2. The van der Waals surface area contributed by atoms with Crippen molar-refractivity contribution in [2.75, 3.05) is 11.5 Å². The van der Waals surface area contributed by atoms with E-state index in [9.17, 15) is 9.59 Å². The van der Waals surface area contributed by atoms with Crippen LogP contribution in [0.3, 0.4) is 0 Å². The Kier molecular flexibility index (Phi) is 6.32. The van der Waals surface area contributed by atoms with Crippen molar-refractivity contribution in [1.82, 2.24) is 14.5 Å². The van der Waals surface area contributed by atoms with E-state index in [1.165, 1.54) is 22.2 Å². The summed E-state index contributed by atoms with van der Waals surface area (Å²) in [5, 5.41) is 0.576. The number of nitrogens with zero attached hydrogens (tertiary/aromatic N) is 4. The molecule has 0 unspecified atom stereocenters. The van der Waals surface area contributed by atoms with Crippen LogP contribution in [-0.2, 0) is 17.9 Å². The molecule has 0 aliphatic carbocycles. The van der Waals surface area contributed by atoms with Gasteiger partial charge in [0.15, 0.2) is 5.13 Å². The van der Waals surface area contributed by atoms with Crippen LogP contribution in [0.15, 0.2) is 59.7 Å². The van der Waals surface area contributed by atoms with Gasteiger partial charge in [0, 0.05) is 11.3 Å². The standard InChI is InChI=1S/C24H24N4O3S/c1-4-31-19-10-11-20-21(12-19)32-24(26-20)28(13-18-8-6-5-7-9-18)22(29)14-27-15-25-17(3)16(2)23(27)30/h5-12,15H,4,13-14H2,1-3H3. The number of amides is 1. The van der Waals surface area contributed by atoms with Gasteiger partial charge in [-0.05, 0) is 44.5 Å². The van der Waals surface area contributed by atoms with Crippen molar-refractivity contribution >= 4 is 32.6 Å². The molecule has 164 valence electrons. The SMILES string of the molecule is CCOc1ccc2nc(N(Cc3ccccc3)C(=O)Cn3cnc(C)c(C)c3=O)sc2c1. The van der Waals surface area contributed by atoms with Crippen LogP contribution in [0.1, 0.15) is 23.7 Å². The van der Waals surface area contributed by atoms with Crippen LogP contribution in [0.25, 0.3) is 10.2 Å².